The van der Waals surface area contributed by atoms with Gasteiger partial charge in [0.1, 0.15) is 5.60 Å². The zero-order valence-corrected chi connectivity index (χ0v) is 18.1. The van der Waals surface area contributed by atoms with E-state index in [9.17, 15) is 9.90 Å². The van der Waals surface area contributed by atoms with Crippen molar-refractivity contribution < 1.29 is 24.1 Å². The molecule has 154 valence electrons. The number of hydrogen-bond acceptors (Lipinski definition) is 7. The second-order valence-corrected chi connectivity index (χ2v) is 10.8. The number of hydrogen-bond donors (Lipinski definition) is 1. The van der Waals surface area contributed by atoms with Crippen LogP contribution in [-0.2, 0) is 14.2 Å². The van der Waals surface area contributed by atoms with Crippen molar-refractivity contribution in [1.29, 1.82) is 0 Å². The molecule has 0 bridgehead atoms. The molecule has 28 heavy (non-hydrogen) atoms. The lowest BCUT2D eigenvalue weighted by molar-refractivity contribution is -0.0412. The molecule has 1 unspecified atom stereocenters. The Morgan fingerprint density at radius 2 is 1.89 bits per heavy atom. The third kappa shape index (κ3) is 4.36. The van der Waals surface area contributed by atoms with Gasteiger partial charge in [-0.15, -0.1) is 22.7 Å². The van der Waals surface area contributed by atoms with E-state index in [2.05, 4.69) is 12.1 Å². The average Bonchev–Trinajstić information content (AvgIpc) is 3.35. The van der Waals surface area contributed by atoms with E-state index in [4.69, 9.17) is 14.2 Å². The van der Waals surface area contributed by atoms with Crippen LogP contribution < -0.4 is 0 Å². The Kier molecular flexibility index (Phi) is 5.68. The molecule has 1 N–H and O–H groups in total. The quantitative estimate of drug-likeness (QED) is 0.773. The molecule has 2 aliphatic rings. The smallest absolute Gasteiger partial charge is 0.410 e. The lowest BCUT2D eigenvalue weighted by Gasteiger charge is -2.35. The number of amides is 1. The SMILES string of the molecule is CC(C)(C)OC(=O)N1CCC(C(O)c2cc3cc(C4OCCO4)sc3s2)CC1. The van der Waals surface area contributed by atoms with E-state index < -0.39 is 11.7 Å². The van der Waals surface area contributed by atoms with Crippen molar-refractivity contribution in [3.05, 3.63) is 21.9 Å². The fraction of sp³-hybridized carbons (Fsp3) is 0.650. The van der Waals surface area contributed by atoms with Crippen LogP contribution in [0.2, 0.25) is 0 Å². The Morgan fingerprint density at radius 1 is 1.21 bits per heavy atom. The van der Waals surface area contributed by atoms with Gasteiger partial charge in [-0.1, -0.05) is 0 Å². The lowest BCUT2D eigenvalue weighted by Crippen LogP contribution is -2.42. The molecule has 8 heteroatoms. The molecule has 2 aromatic rings. The van der Waals surface area contributed by atoms with Gasteiger partial charge >= 0.3 is 6.09 Å². The molecule has 1 atom stereocenters. The molecule has 2 saturated heterocycles. The minimum absolute atomic E-state index is 0.160. The molecule has 0 saturated carbocycles. The van der Waals surface area contributed by atoms with Gasteiger partial charge in [-0.25, -0.2) is 4.79 Å². The summed E-state index contributed by atoms with van der Waals surface area (Å²) in [5, 5.41) is 12.0. The number of ether oxygens (including phenoxy) is 3. The predicted molar refractivity (Wildman–Crippen MR) is 110 cm³/mol. The molecular formula is C20H27NO5S2. The second-order valence-electron chi connectivity index (χ2n) is 8.36. The van der Waals surface area contributed by atoms with Crippen LogP contribution in [0.4, 0.5) is 4.79 Å². The summed E-state index contributed by atoms with van der Waals surface area (Å²) >= 11 is 3.32. The monoisotopic (exact) mass is 425 g/mol. The fourth-order valence-electron chi connectivity index (χ4n) is 3.62. The average molecular weight is 426 g/mol. The van der Waals surface area contributed by atoms with Crippen LogP contribution in [0.3, 0.4) is 0 Å². The Hall–Kier alpha value is -1.19. The molecule has 0 aromatic carbocycles. The van der Waals surface area contributed by atoms with Gasteiger partial charge in [0.15, 0.2) is 6.29 Å². The first-order valence-corrected chi connectivity index (χ1v) is 11.4. The summed E-state index contributed by atoms with van der Waals surface area (Å²) in [6.45, 7) is 8.15. The molecule has 2 fully saturated rings. The van der Waals surface area contributed by atoms with Crippen molar-refractivity contribution in [1.82, 2.24) is 4.90 Å². The Labute approximate surface area is 173 Å². The van der Waals surface area contributed by atoms with Crippen LogP contribution in [0.15, 0.2) is 12.1 Å². The molecule has 1 amide bonds. The minimum Gasteiger partial charge on any atom is -0.444 e. The van der Waals surface area contributed by atoms with E-state index >= 15 is 0 Å². The summed E-state index contributed by atoms with van der Waals surface area (Å²) in [7, 11) is 0. The van der Waals surface area contributed by atoms with E-state index in [1.54, 1.807) is 27.6 Å². The van der Waals surface area contributed by atoms with E-state index in [1.165, 1.54) is 4.01 Å². The van der Waals surface area contributed by atoms with Gasteiger partial charge in [0.05, 0.1) is 28.2 Å². The highest BCUT2D eigenvalue weighted by molar-refractivity contribution is 7.38. The number of carbonyl (C=O) groups excluding carboxylic acids is 1. The van der Waals surface area contributed by atoms with E-state index in [1.807, 2.05) is 20.8 Å². The maximum atomic E-state index is 12.2. The molecular weight excluding hydrogens is 398 g/mol. The lowest BCUT2D eigenvalue weighted by atomic mass is 9.90. The van der Waals surface area contributed by atoms with Crippen LogP contribution in [-0.4, -0.2) is 48.0 Å². The number of thiophene rings is 2. The van der Waals surface area contributed by atoms with Gasteiger partial charge in [-0.3, -0.25) is 0 Å². The summed E-state index contributed by atoms with van der Waals surface area (Å²) in [6, 6.07) is 4.19. The van der Waals surface area contributed by atoms with Gasteiger partial charge in [0.25, 0.3) is 0 Å². The molecule has 6 nitrogen and oxygen atoms in total. The first kappa shape index (κ1) is 20.1. The predicted octanol–water partition coefficient (Wildman–Crippen LogP) is 4.69. The highest BCUT2D eigenvalue weighted by Gasteiger charge is 2.31. The van der Waals surface area contributed by atoms with Crippen molar-refractivity contribution in [3.63, 3.8) is 0 Å². The first-order chi connectivity index (χ1) is 13.3. The van der Waals surface area contributed by atoms with Gasteiger partial charge in [0.2, 0.25) is 0 Å². The van der Waals surface area contributed by atoms with Crippen LogP contribution in [0, 0.1) is 5.92 Å². The number of nitrogens with zero attached hydrogens (tertiary/aromatic N) is 1. The Morgan fingerprint density at radius 3 is 2.50 bits per heavy atom. The summed E-state index contributed by atoms with van der Waals surface area (Å²) in [5.41, 5.74) is -0.483. The number of rotatable bonds is 3. The normalized spacial score (nSPS) is 20.8. The zero-order valence-electron chi connectivity index (χ0n) is 16.5. The zero-order chi connectivity index (χ0) is 19.9. The molecule has 4 heterocycles. The molecule has 4 rings (SSSR count). The minimum atomic E-state index is -0.493. The largest absolute Gasteiger partial charge is 0.444 e. The van der Waals surface area contributed by atoms with Crippen molar-refractivity contribution in [2.45, 2.75) is 51.6 Å². The van der Waals surface area contributed by atoms with Gasteiger partial charge in [-0.05, 0) is 51.7 Å². The molecule has 0 radical (unpaired) electrons. The highest BCUT2D eigenvalue weighted by atomic mass is 32.2. The number of likely N-dealkylation sites (tertiary alicyclic amines) is 1. The number of aliphatic hydroxyl groups is 1. The van der Waals surface area contributed by atoms with Crippen LogP contribution in [0.1, 0.15) is 55.8 Å². The van der Waals surface area contributed by atoms with Gasteiger partial charge in [0, 0.05) is 23.4 Å². The van der Waals surface area contributed by atoms with Crippen LogP contribution in [0.25, 0.3) is 9.40 Å². The molecule has 2 aromatic heterocycles. The maximum Gasteiger partial charge on any atom is 0.410 e. The topological polar surface area (TPSA) is 68.2 Å². The third-order valence-corrected chi connectivity index (χ3v) is 7.52. The standard InChI is InChI=1S/C20H27NO5S2/c1-20(2,3)26-19(23)21-6-4-12(5-7-21)16(22)14-10-13-11-15(28-18(13)27-14)17-24-8-9-25-17/h10-12,16-17,22H,4-9H2,1-3H3. The first-order valence-electron chi connectivity index (χ1n) is 9.72. The summed E-state index contributed by atoms with van der Waals surface area (Å²) < 4.78 is 17.8. The molecule has 2 aliphatic heterocycles. The van der Waals surface area contributed by atoms with E-state index in [0.717, 1.165) is 28.0 Å². The highest BCUT2D eigenvalue weighted by Crippen LogP contribution is 2.42. The summed E-state index contributed by atoms with van der Waals surface area (Å²) in [4.78, 5) is 16.0. The second kappa shape index (κ2) is 7.91. The Balaban J connectivity index is 1.36. The molecule has 0 spiro atoms. The van der Waals surface area contributed by atoms with Crippen molar-refractivity contribution in [3.8, 4) is 0 Å². The van der Waals surface area contributed by atoms with Crippen LogP contribution in [0.5, 0.6) is 0 Å². The number of piperidine rings is 1. The number of aliphatic hydroxyl groups excluding tert-OH is 1. The number of carbonyl (C=O) groups is 1. The Bertz CT molecular complexity index is 794. The summed E-state index contributed by atoms with van der Waals surface area (Å²) in [5.74, 6) is 0.160. The van der Waals surface area contributed by atoms with Crippen molar-refractivity contribution in [2.75, 3.05) is 26.3 Å². The third-order valence-electron chi connectivity index (χ3n) is 5.04. The van der Waals surface area contributed by atoms with Crippen molar-refractivity contribution >= 4 is 38.2 Å². The van der Waals surface area contributed by atoms with Gasteiger partial charge < -0.3 is 24.2 Å². The molecule has 0 aliphatic carbocycles. The van der Waals surface area contributed by atoms with Gasteiger partial charge in [-0.2, -0.15) is 0 Å². The van der Waals surface area contributed by atoms with E-state index in [0.29, 0.717) is 26.3 Å². The van der Waals surface area contributed by atoms with Crippen molar-refractivity contribution in [2.24, 2.45) is 5.92 Å². The number of fused-ring (bicyclic) bond motifs is 1. The fourth-order valence-corrected chi connectivity index (χ4v) is 6.18. The van der Waals surface area contributed by atoms with E-state index in [-0.39, 0.29) is 18.3 Å². The maximum absolute atomic E-state index is 12.2. The van der Waals surface area contributed by atoms with Crippen LogP contribution >= 0.6 is 22.7 Å². The summed E-state index contributed by atoms with van der Waals surface area (Å²) in [6.07, 6.45) is 0.561.